The quantitative estimate of drug-likeness (QED) is 0.873. The molecule has 3 rings (SSSR count). The Bertz CT molecular complexity index is 869. The summed E-state index contributed by atoms with van der Waals surface area (Å²) >= 11 is 0. The Morgan fingerprint density at radius 2 is 1.93 bits per heavy atom. The molecule has 6 heteroatoms. The Morgan fingerprint density at radius 1 is 1.22 bits per heavy atom. The van der Waals surface area contributed by atoms with E-state index in [0.29, 0.717) is 18.0 Å². The molecule has 5 nitrogen and oxygen atoms in total. The molecule has 1 aliphatic rings. The van der Waals surface area contributed by atoms with Crippen molar-refractivity contribution in [2.75, 3.05) is 18.0 Å². The van der Waals surface area contributed by atoms with Crippen LogP contribution in [-0.2, 0) is 13.1 Å². The fourth-order valence-electron chi connectivity index (χ4n) is 3.75. The zero-order valence-electron chi connectivity index (χ0n) is 16.5. The maximum atomic E-state index is 13.9. The van der Waals surface area contributed by atoms with E-state index in [2.05, 4.69) is 23.8 Å². The second kappa shape index (κ2) is 8.21. The summed E-state index contributed by atoms with van der Waals surface area (Å²) in [7, 11) is 0. The lowest BCUT2D eigenvalue weighted by Crippen LogP contribution is -2.38. The first-order chi connectivity index (χ1) is 12.9. The van der Waals surface area contributed by atoms with Crippen LogP contribution in [0.3, 0.4) is 0 Å². The normalized spacial score (nSPS) is 14.8. The largest absolute Gasteiger partial charge is 0.367 e. The van der Waals surface area contributed by atoms with E-state index in [4.69, 9.17) is 5.73 Å². The van der Waals surface area contributed by atoms with Gasteiger partial charge in [-0.15, -0.1) is 0 Å². The lowest BCUT2D eigenvalue weighted by Gasteiger charge is -2.30. The van der Waals surface area contributed by atoms with Crippen molar-refractivity contribution >= 4 is 5.69 Å². The smallest absolute Gasteiger partial charge is 0.290 e. The van der Waals surface area contributed by atoms with Gasteiger partial charge in [0.15, 0.2) is 0 Å². The summed E-state index contributed by atoms with van der Waals surface area (Å²) in [4.78, 5) is 15.4. The predicted octanol–water partition coefficient (Wildman–Crippen LogP) is 3.46. The minimum atomic E-state index is -0.314. The van der Waals surface area contributed by atoms with Crippen molar-refractivity contribution in [3.05, 3.63) is 45.5 Å². The monoisotopic (exact) mass is 372 g/mol. The Labute approximate surface area is 160 Å². The topological polar surface area (TPSA) is 64.1 Å². The molecule has 0 spiro atoms. The van der Waals surface area contributed by atoms with Crippen molar-refractivity contribution in [1.29, 1.82) is 0 Å². The molecule has 2 N–H and O–H groups in total. The van der Waals surface area contributed by atoms with Crippen molar-refractivity contribution in [1.82, 2.24) is 9.78 Å². The highest BCUT2D eigenvalue weighted by atomic mass is 19.1. The minimum Gasteiger partial charge on any atom is -0.367 e. The van der Waals surface area contributed by atoms with E-state index >= 15 is 0 Å². The van der Waals surface area contributed by atoms with E-state index in [1.165, 1.54) is 12.5 Å². The average Bonchev–Trinajstić information content (AvgIpc) is 2.65. The Kier molecular flexibility index (Phi) is 5.95. The molecular formula is C21H29FN4O. The molecule has 0 amide bonds. The molecule has 0 radical (unpaired) electrons. The molecule has 1 aromatic carbocycles. The molecule has 0 saturated carbocycles. The first kappa shape index (κ1) is 19.5. The molecule has 1 fully saturated rings. The van der Waals surface area contributed by atoms with Crippen LogP contribution in [0.25, 0.3) is 11.3 Å². The molecule has 0 bridgehead atoms. The molecule has 1 aliphatic heterocycles. The number of piperidine rings is 1. The molecule has 146 valence electrons. The van der Waals surface area contributed by atoms with Crippen molar-refractivity contribution in [2.24, 2.45) is 11.7 Å². The van der Waals surface area contributed by atoms with Gasteiger partial charge in [0.25, 0.3) is 5.56 Å². The van der Waals surface area contributed by atoms with E-state index in [9.17, 15) is 9.18 Å². The Hall–Kier alpha value is -2.21. The Morgan fingerprint density at radius 3 is 2.56 bits per heavy atom. The van der Waals surface area contributed by atoms with Gasteiger partial charge in [0.1, 0.15) is 11.5 Å². The number of nitrogens with two attached hydrogens (primary N) is 1. The van der Waals surface area contributed by atoms with Gasteiger partial charge >= 0.3 is 0 Å². The second-order valence-electron chi connectivity index (χ2n) is 7.76. The van der Waals surface area contributed by atoms with Gasteiger partial charge in [0.05, 0.1) is 5.69 Å². The maximum absolute atomic E-state index is 13.9. The first-order valence-corrected chi connectivity index (χ1v) is 9.78. The minimum absolute atomic E-state index is 0.0342. The lowest BCUT2D eigenvalue weighted by atomic mass is 10.0. The van der Waals surface area contributed by atoms with E-state index in [1.807, 2.05) is 6.92 Å². The summed E-state index contributed by atoms with van der Waals surface area (Å²) < 4.78 is 15.5. The lowest BCUT2D eigenvalue weighted by molar-refractivity contribution is 0.462. The van der Waals surface area contributed by atoms with Gasteiger partial charge in [-0.25, -0.2) is 9.07 Å². The SMILES string of the molecule is Cc1c(-c2ccc(F)c(CN)c2)nn(CC(C)C)c(=O)c1N1CCCCC1. The van der Waals surface area contributed by atoms with Crippen molar-refractivity contribution in [2.45, 2.75) is 53.1 Å². The van der Waals surface area contributed by atoms with Crippen LogP contribution in [0.2, 0.25) is 0 Å². The van der Waals surface area contributed by atoms with E-state index in [0.717, 1.165) is 48.4 Å². The van der Waals surface area contributed by atoms with Gasteiger partial charge in [0, 0.05) is 42.9 Å². The molecule has 1 aromatic heterocycles. The number of benzene rings is 1. The van der Waals surface area contributed by atoms with E-state index in [-0.39, 0.29) is 17.9 Å². The molecule has 0 aliphatic carbocycles. The summed E-state index contributed by atoms with van der Waals surface area (Å²) in [6.07, 6.45) is 3.38. The third kappa shape index (κ3) is 4.05. The number of hydrogen-bond donors (Lipinski definition) is 1. The van der Waals surface area contributed by atoms with Gasteiger partial charge in [-0.05, 0) is 50.3 Å². The number of hydrogen-bond acceptors (Lipinski definition) is 4. The summed E-state index contributed by atoms with van der Waals surface area (Å²) in [5.41, 5.74) is 9.21. The van der Waals surface area contributed by atoms with E-state index in [1.54, 1.807) is 16.8 Å². The van der Waals surface area contributed by atoms with Crippen LogP contribution in [0.15, 0.2) is 23.0 Å². The van der Waals surface area contributed by atoms with Crippen LogP contribution < -0.4 is 16.2 Å². The predicted molar refractivity (Wildman–Crippen MR) is 107 cm³/mol. The molecule has 27 heavy (non-hydrogen) atoms. The van der Waals surface area contributed by atoms with Crippen molar-refractivity contribution in [3.63, 3.8) is 0 Å². The van der Waals surface area contributed by atoms with Crippen LogP contribution in [-0.4, -0.2) is 22.9 Å². The number of nitrogens with zero attached hydrogens (tertiary/aromatic N) is 3. The third-order valence-electron chi connectivity index (χ3n) is 5.12. The number of halogens is 1. The van der Waals surface area contributed by atoms with Crippen molar-refractivity contribution in [3.8, 4) is 11.3 Å². The van der Waals surface area contributed by atoms with Crippen LogP contribution in [0.5, 0.6) is 0 Å². The van der Waals surface area contributed by atoms with Gasteiger partial charge in [-0.3, -0.25) is 4.79 Å². The van der Waals surface area contributed by atoms with Crippen LogP contribution in [0.4, 0.5) is 10.1 Å². The third-order valence-corrected chi connectivity index (χ3v) is 5.12. The van der Waals surface area contributed by atoms with Gasteiger partial charge in [-0.1, -0.05) is 13.8 Å². The zero-order chi connectivity index (χ0) is 19.6. The van der Waals surface area contributed by atoms with Crippen LogP contribution in [0, 0.1) is 18.7 Å². The molecule has 2 heterocycles. The fraction of sp³-hybridized carbons (Fsp3) is 0.524. The van der Waals surface area contributed by atoms with Crippen LogP contribution in [0.1, 0.15) is 44.2 Å². The number of aromatic nitrogens is 2. The Balaban J connectivity index is 2.19. The van der Waals surface area contributed by atoms with Gasteiger partial charge in [0.2, 0.25) is 0 Å². The molecule has 0 unspecified atom stereocenters. The molecule has 2 aromatic rings. The summed E-state index contributed by atoms with van der Waals surface area (Å²) in [6, 6.07) is 4.89. The summed E-state index contributed by atoms with van der Waals surface area (Å²) in [5.74, 6) is -0.0153. The second-order valence-corrected chi connectivity index (χ2v) is 7.76. The highest BCUT2D eigenvalue weighted by Crippen LogP contribution is 2.29. The maximum Gasteiger partial charge on any atom is 0.290 e. The fourth-order valence-corrected chi connectivity index (χ4v) is 3.75. The number of rotatable bonds is 5. The van der Waals surface area contributed by atoms with E-state index < -0.39 is 0 Å². The number of anilines is 1. The zero-order valence-corrected chi connectivity index (χ0v) is 16.5. The highest BCUT2D eigenvalue weighted by Gasteiger charge is 2.22. The van der Waals surface area contributed by atoms with Crippen LogP contribution >= 0.6 is 0 Å². The average molecular weight is 372 g/mol. The molecule has 0 atom stereocenters. The summed E-state index contributed by atoms with van der Waals surface area (Å²) in [6.45, 7) is 8.54. The standard InChI is InChI=1S/C21H29FN4O/c1-14(2)13-26-21(27)20(25-9-5-4-6-10-25)15(3)19(24-26)16-7-8-18(22)17(11-16)12-23/h7-8,11,14H,4-6,9-10,12-13,23H2,1-3H3. The highest BCUT2D eigenvalue weighted by molar-refractivity contribution is 5.70. The molecular weight excluding hydrogens is 343 g/mol. The van der Waals surface area contributed by atoms with Gasteiger partial charge < -0.3 is 10.6 Å². The van der Waals surface area contributed by atoms with Crippen molar-refractivity contribution < 1.29 is 4.39 Å². The van der Waals surface area contributed by atoms with Gasteiger partial charge in [-0.2, -0.15) is 5.10 Å². The first-order valence-electron chi connectivity index (χ1n) is 9.78. The summed E-state index contributed by atoms with van der Waals surface area (Å²) in [5, 5.41) is 4.66. The molecule has 1 saturated heterocycles.